The fourth-order valence-electron chi connectivity index (χ4n) is 5.77. The standard InChI is InChI=1S/C27H31NO7/c1-14-11-18-24(25(29)21(14)26(30)32-3)23(16-9-10-19-20(12-16)34-13-33-19)22(15(2)28-18)27(31)35-17-7-5-4-6-8-17/h9-10,12,14,17,21,23,28H,4-8,11,13H2,1-3H3/t14-,21+,23-/m1/s1. The molecule has 1 fully saturated rings. The van der Waals surface area contributed by atoms with Crippen molar-refractivity contribution >= 4 is 17.7 Å². The average Bonchev–Trinajstić information content (AvgIpc) is 3.31. The maximum atomic E-state index is 13.8. The van der Waals surface area contributed by atoms with Crippen molar-refractivity contribution in [1.82, 2.24) is 5.32 Å². The molecule has 1 aromatic rings. The van der Waals surface area contributed by atoms with Gasteiger partial charge in [0.1, 0.15) is 12.0 Å². The second kappa shape index (κ2) is 9.40. The minimum absolute atomic E-state index is 0.116. The summed E-state index contributed by atoms with van der Waals surface area (Å²) in [5.74, 6) is -2.00. The Balaban J connectivity index is 1.59. The van der Waals surface area contributed by atoms with Crippen molar-refractivity contribution in [2.24, 2.45) is 11.8 Å². The third-order valence-corrected chi connectivity index (χ3v) is 7.52. The summed E-state index contributed by atoms with van der Waals surface area (Å²) in [7, 11) is 1.29. The molecule has 1 aromatic carbocycles. The van der Waals surface area contributed by atoms with Crippen molar-refractivity contribution in [3.8, 4) is 11.5 Å². The summed E-state index contributed by atoms with van der Waals surface area (Å²) in [6.07, 6.45) is 5.26. The zero-order valence-corrected chi connectivity index (χ0v) is 20.3. The van der Waals surface area contributed by atoms with Gasteiger partial charge in [-0.25, -0.2) is 4.79 Å². The molecule has 2 aliphatic heterocycles. The molecule has 0 aromatic heterocycles. The smallest absolute Gasteiger partial charge is 0.337 e. The fraction of sp³-hybridized carbons (Fsp3) is 0.519. The lowest BCUT2D eigenvalue weighted by atomic mass is 9.69. The van der Waals surface area contributed by atoms with Crippen LogP contribution in [-0.2, 0) is 23.9 Å². The normalized spacial score (nSPS) is 26.3. The highest BCUT2D eigenvalue weighted by Crippen LogP contribution is 2.47. The monoisotopic (exact) mass is 481 g/mol. The van der Waals surface area contributed by atoms with Crippen LogP contribution in [0.1, 0.15) is 63.9 Å². The summed E-state index contributed by atoms with van der Waals surface area (Å²) in [5.41, 5.74) is 2.91. The first-order valence-electron chi connectivity index (χ1n) is 12.3. The minimum Gasteiger partial charge on any atom is -0.468 e. The molecule has 2 heterocycles. The molecule has 8 nitrogen and oxygen atoms in total. The lowest BCUT2D eigenvalue weighted by Crippen LogP contribution is -2.43. The lowest BCUT2D eigenvalue weighted by molar-refractivity contribution is -0.151. The summed E-state index contributed by atoms with van der Waals surface area (Å²) in [5, 5.41) is 3.31. The van der Waals surface area contributed by atoms with Gasteiger partial charge in [0, 0.05) is 22.9 Å². The van der Waals surface area contributed by atoms with Gasteiger partial charge in [0.05, 0.1) is 12.7 Å². The number of fused-ring (bicyclic) bond motifs is 1. The van der Waals surface area contributed by atoms with E-state index in [-0.39, 0.29) is 24.6 Å². The van der Waals surface area contributed by atoms with Crippen LogP contribution < -0.4 is 14.8 Å². The predicted molar refractivity (Wildman–Crippen MR) is 125 cm³/mol. The molecule has 0 spiro atoms. The Kier molecular flexibility index (Phi) is 6.30. The average molecular weight is 482 g/mol. The van der Waals surface area contributed by atoms with E-state index in [1.54, 1.807) is 6.07 Å². The fourth-order valence-corrected chi connectivity index (χ4v) is 5.77. The van der Waals surface area contributed by atoms with Crippen LogP contribution >= 0.6 is 0 Å². The van der Waals surface area contributed by atoms with Crippen LogP contribution in [-0.4, -0.2) is 37.7 Å². The molecule has 0 amide bonds. The van der Waals surface area contributed by atoms with Crippen LogP contribution in [0.2, 0.25) is 0 Å². The van der Waals surface area contributed by atoms with Gasteiger partial charge in [-0.15, -0.1) is 0 Å². The largest absolute Gasteiger partial charge is 0.468 e. The van der Waals surface area contributed by atoms with E-state index in [2.05, 4.69) is 5.32 Å². The second-order valence-corrected chi connectivity index (χ2v) is 9.81. The highest BCUT2D eigenvalue weighted by Gasteiger charge is 2.47. The van der Waals surface area contributed by atoms with Crippen molar-refractivity contribution in [2.45, 2.75) is 64.4 Å². The maximum Gasteiger partial charge on any atom is 0.337 e. The summed E-state index contributed by atoms with van der Waals surface area (Å²) in [6, 6.07) is 5.43. The van der Waals surface area contributed by atoms with Gasteiger partial charge in [-0.05, 0) is 62.6 Å². The number of hydrogen-bond donors (Lipinski definition) is 1. The first-order valence-corrected chi connectivity index (χ1v) is 12.3. The third-order valence-electron chi connectivity index (χ3n) is 7.52. The van der Waals surface area contributed by atoms with Gasteiger partial charge in [-0.3, -0.25) is 9.59 Å². The number of carbonyl (C=O) groups is 3. The number of methoxy groups -OCH3 is 1. The molecule has 1 N–H and O–H groups in total. The molecule has 5 rings (SSSR count). The Hall–Kier alpha value is -3.29. The van der Waals surface area contributed by atoms with Crippen molar-refractivity contribution < 1.29 is 33.3 Å². The molecule has 0 unspecified atom stereocenters. The van der Waals surface area contributed by atoms with Crippen molar-refractivity contribution in [2.75, 3.05) is 13.9 Å². The molecule has 0 saturated heterocycles. The van der Waals surface area contributed by atoms with Crippen LogP contribution in [0.4, 0.5) is 0 Å². The Bertz CT molecular complexity index is 1130. The number of ether oxygens (including phenoxy) is 4. The molecule has 1 saturated carbocycles. The number of benzene rings is 1. The molecule has 3 atom stereocenters. The SMILES string of the molecule is COC(=O)[C@@H]1C(=O)C2=C(C[C@H]1C)NC(C)=C(C(=O)OC1CCCCC1)[C@H]2c1ccc2c(c1)OCO2. The Labute approximate surface area is 204 Å². The molecular formula is C27H31NO7. The van der Waals surface area contributed by atoms with Crippen molar-refractivity contribution in [1.29, 1.82) is 0 Å². The molecule has 0 radical (unpaired) electrons. The number of nitrogens with one attached hydrogen (secondary N) is 1. The zero-order chi connectivity index (χ0) is 24.7. The zero-order valence-electron chi connectivity index (χ0n) is 20.3. The van der Waals surface area contributed by atoms with E-state index in [9.17, 15) is 14.4 Å². The highest BCUT2D eigenvalue weighted by atomic mass is 16.7. The Morgan fingerprint density at radius 1 is 1.09 bits per heavy atom. The molecule has 0 bridgehead atoms. The van der Waals surface area contributed by atoms with Gasteiger partial charge in [-0.2, -0.15) is 0 Å². The van der Waals surface area contributed by atoms with E-state index in [0.717, 1.165) is 37.8 Å². The highest BCUT2D eigenvalue weighted by molar-refractivity contribution is 6.12. The van der Waals surface area contributed by atoms with E-state index in [1.807, 2.05) is 26.0 Å². The van der Waals surface area contributed by atoms with E-state index >= 15 is 0 Å². The predicted octanol–water partition coefficient (Wildman–Crippen LogP) is 3.90. The first kappa shape index (κ1) is 23.5. The van der Waals surface area contributed by atoms with Gasteiger partial charge in [-0.1, -0.05) is 19.4 Å². The molecule has 8 heteroatoms. The van der Waals surface area contributed by atoms with Gasteiger partial charge in [0.15, 0.2) is 17.3 Å². The van der Waals surface area contributed by atoms with E-state index in [0.29, 0.717) is 40.3 Å². The summed E-state index contributed by atoms with van der Waals surface area (Å²) in [4.78, 5) is 40.0. The Morgan fingerprint density at radius 3 is 2.57 bits per heavy atom. The number of ketones is 1. The Morgan fingerprint density at radius 2 is 1.83 bits per heavy atom. The number of carbonyl (C=O) groups excluding carboxylic acids is 3. The van der Waals surface area contributed by atoms with E-state index in [4.69, 9.17) is 18.9 Å². The molecular weight excluding hydrogens is 450 g/mol. The molecule has 35 heavy (non-hydrogen) atoms. The van der Waals surface area contributed by atoms with Gasteiger partial charge < -0.3 is 24.3 Å². The van der Waals surface area contributed by atoms with Crippen molar-refractivity contribution in [3.63, 3.8) is 0 Å². The van der Waals surface area contributed by atoms with Crippen LogP contribution in [0.5, 0.6) is 11.5 Å². The van der Waals surface area contributed by atoms with Gasteiger partial charge in [0.25, 0.3) is 0 Å². The van der Waals surface area contributed by atoms with Crippen LogP contribution in [0, 0.1) is 11.8 Å². The first-order chi connectivity index (χ1) is 16.9. The molecule has 186 valence electrons. The summed E-state index contributed by atoms with van der Waals surface area (Å²) < 4.78 is 22.0. The molecule has 4 aliphatic rings. The number of allylic oxidation sites excluding steroid dienone is 3. The molecule has 2 aliphatic carbocycles. The summed E-state index contributed by atoms with van der Waals surface area (Å²) >= 11 is 0. The van der Waals surface area contributed by atoms with Gasteiger partial charge >= 0.3 is 11.9 Å². The topological polar surface area (TPSA) is 100 Å². The van der Waals surface area contributed by atoms with Crippen molar-refractivity contribution in [3.05, 3.63) is 46.3 Å². The number of hydrogen-bond acceptors (Lipinski definition) is 8. The summed E-state index contributed by atoms with van der Waals surface area (Å²) in [6.45, 7) is 3.82. The number of dihydropyridines is 1. The number of esters is 2. The van der Waals surface area contributed by atoms with Crippen LogP contribution in [0.25, 0.3) is 0 Å². The van der Waals surface area contributed by atoms with Gasteiger partial charge in [0.2, 0.25) is 6.79 Å². The maximum absolute atomic E-state index is 13.8. The number of rotatable bonds is 4. The second-order valence-electron chi connectivity index (χ2n) is 9.81. The van der Waals surface area contributed by atoms with E-state index in [1.165, 1.54) is 7.11 Å². The third kappa shape index (κ3) is 4.19. The van der Waals surface area contributed by atoms with Crippen LogP contribution in [0.3, 0.4) is 0 Å². The van der Waals surface area contributed by atoms with Crippen LogP contribution in [0.15, 0.2) is 40.7 Å². The quantitative estimate of drug-likeness (QED) is 0.511. The van der Waals surface area contributed by atoms with E-state index < -0.39 is 23.8 Å². The minimum atomic E-state index is -0.925. The number of Topliss-reactive ketones (excluding diaryl/α,β-unsaturated/α-hetero) is 1. The lowest BCUT2D eigenvalue weighted by Gasteiger charge is -2.38.